The molecule has 1 aliphatic heterocycles. The van der Waals surface area contributed by atoms with E-state index in [1.807, 2.05) is 77.7 Å². The maximum absolute atomic E-state index is 13.8. The van der Waals surface area contributed by atoms with E-state index in [1.165, 1.54) is 5.56 Å². The summed E-state index contributed by atoms with van der Waals surface area (Å²) in [6, 6.07) is 27.5. The van der Waals surface area contributed by atoms with Crippen molar-refractivity contribution in [2.45, 2.75) is 0 Å². The number of benzene rings is 3. The molecule has 0 unspecified atom stereocenters. The standard InChI is InChI=1S/C31H32N4O3/c1-37-27-15-13-26(14-16-27)35-30(23-29(32-35)25-11-6-12-28(22-25)38-2)31(36)34-20-18-33(19-21-34)17-7-10-24-8-4-3-5-9-24/h3-16,22-23H,17-21H2,1-2H3. The third-order valence-corrected chi connectivity index (χ3v) is 6.74. The highest BCUT2D eigenvalue weighted by Crippen LogP contribution is 2.27. The first-order valence-electron chi connectivity index (χ1n) is 12.8. The molecule has 1 amide bonds. The molecule has 7 nitrogen and oxygen atoms in total. The Morgan fingerprint density at radius 2 is 1.58 bits per heavy atom. The van der Waals surface area contributed by atoms with Crippen molar-refractivity contribution in [3.63, 3.8) is 0 Å². The Kier molecular flexibility index (Phi) is 7.85. The molecule has 1 aromatic heterocycles. The number of carbonyl (C=O) groups excluding carboxylic acids is 1. The van der Waals surface area contributed by atoms with Crippen molar-refractivity contribution in [3.8, 4) is 28.4 Å². The predicted octanol–water partition coefficient (Wildman–Crippen LogP) is 5.03. The Labute approximate surface area is 223 Å². The lowest BCUT2D eigenvalue weighted by Gasteiger charge is -2.34. The Morgan fingerprint density at radius 1 is 0.842 bits per heavy atom. The van der Waals surface area contributed by atoms with Gasteiger partial charge in [0.15, 0.2) is 0 Å². The first-order valence-corrected chi connectivity index (χ1v) is 12.8. The smallest absolute Gasteiger partial charge is 0.272 e. The molecular weight excluding hydrogens is 476 g/mol. The monoisotopic (exact) mass is 508 g/mol. The number of nitrogens with zero attached hydrogens (tertiary/aromatic N) is 4. The molecule has 5 rings (SSSR count). The molecule has 0 N–H and O–H groups in total. The minimum Gasteiger partial charge on any atom is -0.497 e. The van der Waals surface area contributed by atoms with Crippen LogP contribution in [0.2, 0.25) is 0 Å². The predicted molar refractivity (Wildman–Crippen MR) is 150 cm³/mol. The maximum Gasteiger partial charge on any atom is 0.272 e. The molecule has 7 heteroatoms. The van der Waals surface area contributed by atoms with Crippen molar-refractivity contribution in [2.24, 2.45) is 0 Å². The van der Waals surface area contributed by atoms with Crippen LogP contribution >= 0.6 is 0 Å². The molecule has 0 aliphatic carbocycles. The second kappa shape index (κ2) is 11.8. The minimum atomic E-state index is -0.0260. The van der Waals surface area contributed by atoms with Gasteiger partial charge in [-0.1, -0.05) is 54.6 Å². The summed E-state index contributed by atoms with van der Waals surface area (Å²) in [4.78, 5) is 18.1. The third kappa shape index (κ3) is 5.79. The van der Waals surface area contributed by atoms with Crippen molar-refractivity contribution in [2.75, 3.05) is 46.9 Å². The number of piperazine rings is 1. The van der Waals surface area contributed by atoms with Gasteiger partial charge in [0.05, 0.1) is 25.6 Å². The van der Waals surface area contributed by atoms with E-state index in [9.17, 15) is 4.79 Å². The zero-order valence-corrected chi connectivity index (χ0v) is 21.8. The Bertz CT molecular complexity index is 1390. The number of rotatable bonds is 8. The lowest BCUT2D eigenvalue weighted by atomic mass is 10.1. The zero-order valence-electron chi connectivity index (χ0n) is 21.8. The van der Waals surface area contributed by atoms with E-state index in [2.05, 4.69) is 29.2 Å². The zero-order chi connectivity index (χ0) is 26.3. The van der Waals surface area contributed by atoms with Gasteiger partial charge in [0, 0.05) is 38.3 Å². The van der Waals surface area contributed by atoms with Crippen LogP contribution in [0.15, 0.2) is 91.0 Å². The molecule has 0 bridgehead atoms. The van der Waals surface area contributed by atoms with Crippen molar-refractivity contribution < 1.29 is 14.3 Å². The van der Waals surface area contributed by atoms with Crippen LogP contribution in [0.25, 0.3) is 23.0 Å². The molecule has 0 saturated carbocycles. The van der Waals surface area contributed by atoms with Crippen LogP contribution in [0.1, 0.15) is 16.1 Å². The van der Waals surface area contributed by atoms with E-state index in [4.69, 9.17) is 14.6 Å². The van der Waals surface area contributed by atoms with Gasteiger partial charge in [-0.25, -0.2) is 4.68 Å². The SMILES string of the molecule is COc1ccc(-n2nc(-c3cccc(OC)c3)cc2C(=O)N2CCN(CC=Cc3ccccc3)CC2)cc1. The van der Waals surface area contributed by atoms with Crippen LogP contribution in [-0.2, 0) is 0 Å². The fraction of sp³-hybridized carbons (Fsp3) is 0.226. The largest absolute Gasteiger partial charge is 0.497 e. The molecule has 1 saturated heterocycles. The second-order valence-corrected chi connectivity index (χ2v) is 9.16. The topological polar surface area (TPSA) is 59.8 Å². The van der Waals surface area contributed by atoms with Gasteiger partial charge in [0.2, 0.25) is 0 Å². The van der Waals surface area contributed by atoms with Gasteiger partial charge in [-0.05, 0) is 48.0 Å². The van der Waals surface area contributed by atoms with Crippen molar-refractivity contribution in [1.82, 2.24) is 19.6 Å². The lowest BCUT2D eigenvalue weighted by Crippen LogP contribution is -2.49. The molecule has 194 valence electrons. The van der Waals surface area contributed by atoms with Crippen molar-refractivity contribution >= 4 is 12.0 Å². The van der Waals surface area contributed by atoms with Gasteiger partial charge < -0.3 is 14.4 Å². The molecule has 1 aliphatic rings. The summed E-state index contributed by atoms with van der Waals surface area (Å²) in [5, 5.41) is 4.84. The Hall–Kier alpha value is -4.36. The average Bonchev–Trinajstić information content (AvgIpc) is 3.43. The highest BCUT2D eigenvalue weighted by molar-refractivity contribution is 5.94. The highest BCUT2D eigenvalue weighted by Gasteiger charge is 2.26. The number of ether oxygens (including phenoxy) is 2. The fourth-order valence-corrected chi connectivity index (χ4v) is 4.57. The Balaban J connectivity index is 1.34. The van der Waals surface area contributed by atoms with Crippen LogP contribution in [-0.4, -0.2) is 72.4 Å². The van der Waals surface area contributed by atoms with Crippen molar-refractivity contribution in [1.29, 1.82) is 0 Å². The maximum atomic E-state index is 13.8. The molecule has 38 heavy (non-hydrogen) atoms. The summed E-state index contributed by atoms with van der Waals surface area (Å²) < 4.78 is 12.4. The van der Waals surface area contributed by atoms with Crippen LogP contribution in [0.3, 0.4) is 0 Å². The Morgan fingerprint density at radius 3 is 2.29 bits per heavy atom. The minimum absolute atomic E-state index is 0.0260. The van der Waals surface area contributed by atoms with Crippen LogP contribution in [0, 0.1) is 0 Å². The van der Waals surface area contributed by atoms with E-state index in [-0.39, 0.29) is 5.91 Å². The molecule has 0 atom stereocenters. The number of hydrogen-bond donors (Lipinski definition) is 0. The lowest BCUT2D eigenvalue weighted by molar-refractivity contribution is 0.0641. The molecule has 0 radical (unpaired) electrons. The quantitative estimate of drug-likeness (QED) is 0.334. The van der Waals surface area contributed by atoms with E-state index < -0.39 is 0 Å². The van der Waals surface area contributed by atoms with Gasteiger partial charge in [0.1, 0.15) is 17.2 Å². The first-order chi connectivity index (χ1) is 18.6. The summed E-state index contributed by atoms with van der Waals surface area (Å²) in [7, 11) is 3.27. The summed E-state index contributed by atoms with van der Waals surface area (Å²) in [5.74, 6) is 1.47. The summed E-state index contributed by atoms with van der Waals surface area (Å²) in [6.45, 7) is 3.84. The molecular formula is C31H32N4O3. The molecule has 4 aromatic rings. The van der Waals surface area contributed by atoms with Crippen LogP contribution in [0.4, 0.5) is 0 Å². The number of carbonyl (C=O) groups is 1. The van der Waals surface area contributed by atoms with Crippen molar-refractivity contribution in [3.05, 3.63) is 102 Å². The van der Waals surface area contributed by atoms with E-state index in [0.29, 0.717) is 24.5 Å². The molecule has 2 heterocycles. The average molecular weight is 509 g/mol. The fourth-order valence-electron chi connectivity index (χ4n) is 4.57. The van der Waals surface area contributed by atoms with Gasteiger partial charge >= 0.3 is 0 Å². The molecule has 0 spiro atoms. The van der Waals surface area contributed by atoms with E-state index in [1.54, 1.807) is 18.9 Å². The normalized spacial score (nSPS) is 14.1. The number of aromatic nitrogens is 2. The number of methoxy groups -OCH3 is 2. The molecule has 3 aromatic carbocycles. The number of hydrogen-bond acceptors (Lipinski definition) is 5. The van der Waals surface area contributed by atoms with Gasteiger partial charge in [-0.3, -0.25) is 9.69 Å². The first kappa shape index (κ1) is 25.3. The highest BCUT2D eigenvalue weighted by atomic mass is 16.5. The van der Waals surface area contributed by atoms with E-state index in [0.717, 1.165) is 42.4 Å². The number of amides is 1. The second-order valence-electron chi connectivity index (χ2n) is 9.16. The van der Waals surface area contributed by atoms with Crippen LogP contribution < -0.4 is 9.47 Å². The summed E-state index contributed by atoms with van der Waals surface area (Å²) >= 11 is 0. The summed E-state index contributed by atoms with van der Waals surface area (Å²) in [6.07, 6.45) is 4.33. The third-order valence-electron chi connectivity index (χ3n) is 6.74. The molecule has 1 fully saturated rings. The van der Waals surface area contributed by atoms with Gasteiger partial charge in [0.25, 0.3) is 5.91 Å². The van der Waals surface area contributed by atoms with Gasteiger partial charge in [-0.15, -0.1) is 0 Å². The van der Waals surface area contributed by atoms with Crippen LogP contribution in [0.5, 0.6) is 11.5 Å². The summed E-state index contributed by atoms with van der Waals surface area (Å²) in [5.41, 5.74) is 4.13. The van der Waals surface area contributed by atoms with E-state index >= 15 is 0 Å². The van der Waals surface area contributed by atoms with Gasteiger partial charge in [-0.2, -0.15) is 5.10 Å².